The van der Waals surface area contributed by atoms with Crippen molar-refractivity contribution in [2.75, 3.05) is 13.9 Å². The van der Waals surface area contributed by atoms with Gasteiger partial charge in [-0.2, -0.15) is 22.5 Å². The molecule has 0 atom stereocenters. The molecule has 1 N–H and O–H groups in total. The molecular formula is C19H14F4N4O3S. The first-order chi connectivity index (χ1) is 14.8. The van der Waals surface area contributed by atoms with Crippen molar-refractivity contribution < 1.29 is 31.9 Å². The summed E-state index contributed by atoms with van der Waals surface area (Å²) in [6, 6.07) is 10.7. The zero-order chi connectivity index (χ0) is 22.4. The third-order valence-electron chi connectivity index (χ3n) is 3.86. The Morgan fingerprint density at radius 3 is 2.52 bits per heavy atom. The number of halogens is 4. The summed E-state index contributed by atoms with van der Waals surface area (Å²) in [5.74, 6) is -0.290. The lowest BCUT2D eigenvalue weighted by molar-refractivity contribution is -0.137. The SMILES string of the molecule is CNC(=O)/C(=N/OCF)c1ccccc1Oc1nc(-c2ccc(C(F)(F)F)cc2)ns1. The van der Waals surface area contributed by atoms with Crippen LogP contribution in [0.25, 0.3) is 11.4 Å². The summed E-state index contributed by atoms with van der Waals surface area (Å²) in [7, 11) is 1.37. The minimum atomic E-state index is -4.44. The number of alkyl halides is 4. The lowest BCUT2D eigenvalue weighted by atomic mass is 10.1. The van der Waals surface area contributed by atoms with Gasteiger partial charge in [0.25, 0.3) is 18.0 Å². The van der Waals surface area contributed by atoms with Gasteiger partial charge in [0.1, 0.15) is 5.75 Å². The first-order valence-corrected chi connectivity index (χ1v) is 9.37. The molecule has 0 saturated carbocycles. The van der Waals surface area contributed by atoms with E-state index in [1.54, 1.807) is 12.1 Å². The smallest absolute Gasteiger partial charge is 0.416 e. The molecule has 7 nitrogen and oxygen atoms in total. The number of benzene rings is 2. The summed E-state index contributed by atoms with van der Waals surface area (Å²) in [5.41, 5.74) is -0.422. The second-order valence-corrected chi connectivity index (χ2v) is 6.53. The van der Waals surface area contributed by atoms with E-state index < -0.39 is 24.5 Å². The number of rotatable bonds is 7. The highest BCUT2D eigenvalue weighted by Gasteiger charge is 2.30. The molecule has 0 aliphatic carbocycles. The number of nitrogens with one attached hydrogen (secondary N) is 1. The van der Waals surface area contributed by atoms with Gasteiger partial charge >= 0.3 is 6.18 Å². The molecule has 0 fully saturated rings. The number of amides is 1. The maximum atomic E-state index is 12.7. The molecule has 3 rings (SSSR count). The van der Waals surface area contributed by atoms with Gasteiger partial charge in [-0.1, -0.05) is 29.4 Å². The monoisotopic (exact) mass is 454 g/mol. The van der Waals surface area contributed by atoms with E-state index in [1.165, 1.54) is 31.3 Å². The van der Waals surface area contributed by atoms with Gasteiger partial charge in [-0.05, 0) is 24.3 Å². The Morgan fingerprint density at radius 1 is 1.16 bits per heavy atom. The average Bonchev–Trinajstić information content (AvgIpc) is 3.23. The Kier molecular flexibility index (Phi) is 6.80. The summed E-state index contributed by atoms with van der Waals surface area (Å²) in [4.78, 5) is 20.6. The Labute approximate surface area is 177 Å². The summed E-state index contributed by atoms with van der Waals surface area (Å²) >= 11 is 0.864. The van der Waals surface area contributed by atoms with E-state index in [-0.39, 0.29) is 28.0 Å². The topological polar surface area (TPSA) is 85.7 Å². The summed E-state index contributed by atoms with van der Waals surface area (Å²) in [5, 5.41) is 5.94. The van der Waals surface area contributed by atoms with Crippen molar-refractivity contribution in [3.63, 3.8) is 0 Å². The summed E-state index contributed by atoms with van der Waals surface area (Å²) in [6.45, 7) is -1.23. The first-order valence-electron chi connectivity index (χ1n) is 8.60. The van der Waals surface area contributed by atoms with Crippen LogP contribution in [0.1, 0.15) is 11.1 Å². The van der Waals surface area contributed by atoms with Crippen molar-refractivity contribution in [3.05, 3.63) is 59.7 Å². The number of ether oxygens (including phenoxy) is 1. The third kappa shape index (κ3) is 5.34. The number of nitrogens with zero attached hydrogens (tertiary/aromatic N) is 3. The van der Waals surface area contributed by atoms with Crippen LogP contribution in [0.3, 0.4) is 0 Å². The van der Waals surface area contributed by atoms with E-state index in [4.69, 9.17) is 4.74 Å². The van der Waals surface area contributed by atoms with E-state index in [1.807, 2.05) is 0 Å². The summed E-state index contributed by atoms with van der Waals surface area (Å²) < 4.78 is 60.3. The molecule has 0 bridgehead atoms. The maximum Gasteiger partial charge on any atom is 0.416 e. The quantitative estimate of drug-likeness (QED) is 0.325. The molecule has 31 heavy (non-hydrogen) atoms. The predicted molar refractivity (Wildman–Crippen MR) is 105 cm³/mol. The van der Waals surface area contributed by atoms with Crippen molar-refractivity contribution in [1.82, 2.24) is 14.7 Å². The van der Waals surface area contributed by atoms with Crippen LogP contribution in [0, 0.1) is 0 Å². The Bertz CT molecular complexity index is 1080. The van der Waals surface area contributed by atoms with Gasteiger partial charge in [0.2, 0.25) is 0 Å². The van der Waals surface area contributed by atoms with E-state index in [9.17, 15) is 22.4 Å². The fourth-order valence-corrected chi connectivity index (χ4v) is 3.01. The first kappa shape index (κ1) is 22.2. The van der Waals surface area contributed by atoms with E-state index in [2.05, 4.69) is 24.7 Å². The molecule has 0 aliphatic heterocycles. The molecule has 1 aromatic heterocycles. The van der Waals surface area contributed by atoms with Crippen LogP contribution in [-0.4, -0.2) is 34.9 Å². The van der Waals surface area contributed by atoms with Crippen molar-refractivity contribution in [2.24, 2.45) is 5.16 Å². The van der Waals surface area contributed by atoms with Gasteiger partial charge in [0.05, 0.1) is 11.1 Å². The highest BCUT2D eigenvalue weighted by atomic mass is 32.1. The molecule has 0 saturated heterocycles. The van der Waals surface area contributed by atoms with Gasteiger partial charge < -0.3 is 14.9 Å². The van der Waals surface area contributed by atoms with Crippen molar-refractivity contribution >= 4 is 23.2 Å². The minimum absolute atomic E-state index is 0.0741. The van der Waals surface area contributed by atoms with Gasteiger partial charge in [-0.15, -0.1) is 0 Å². The number of carbonyl (C=O) groups is 1. The van der Waals surface area contributed by atoms with Gasteiger partial charge in [0, 0.05) is 24.1 Å². The van der Waals surface area contributed by atoms with Gasteiger partial charge in [-0.3, -0.25) is 4.79 Å². The molecule has 2 aromatic carbocycles. The number of carbonyl (C=O) groups excluding carboxylic acids is 1. The second kappa shape index (κ2) is 9.51. The Morgan fingerprint density at radius 2 is 1.87 bits per heavy atom. The van der Waals surface area contributed by atoms with E-state index >= 15 is 0 Å². The lowest BCUT2D eigenvalue weighted by Crippen LogP contribution is -2.29. The average molecular weight is 454 g/mol. The van der Waals surface area contributed by atoms with Crippen LogP contribution in [0.5, 0.6) is 10.9 Å². The molecule has 1 amide bonds. The van der Waals surface area contributed by atoms with Gasteiger partial charge in [-0.25, -0.2) is 4.39 Å². The second-order valence-electron chi connectivity index (χ2n) is 5.81. The largest absolute Gasteiger partial charge is 0.429 e. The lowest BCUT2D eigenvalue weighted by Gasteiger charge is -2.10. The Balaban J connectivity index is 1.87. The fraction of sp³-hybridized carbons (Fsp3) is 0.158. The van der Waals surface area contributed by atoms with Crippen LogP contribution in [-0.2, 0) is 15.8 Å². The van der Waals surface area contributed by atoms with Crippen LogP contribution in [0.4, 0.5) is 17.6 Å². The van der Waals surface area contributed by atoms with Crippen molar-refractivity contribution in [3.8, 4) is 22.3 Å². The van der Waals surface area contributed by atoms with Crippen LogP contribution >= 0.6 is 11.5 Å². The minimum Gasteiger partial charge on any atom is -0.429 e. The van der Waals surface area contributed by atoms with Crippen LogP contribution in [0.15, 0.2) is 53.7 Å². The standard InChI is InChI=1S/C19H14F4N4O3S/c1-24-17(28)15(26-29-10-20)13-4-2-3-5-14(13)30-18-25-16(27-31-18)11-6-8-12(9-7-11)19(21,22)23/h2-9H,10H2,1H3,(H,24,28)/b26-15+. The summed E-state index contributed by atoms with van der Waals surface area (Å²) in [6.07, 6.45) is -4.44. The number of hydrogen-bond donors (Lipinski definition) is 1. The number of oxime groups is 1. The molecule has 0 aliphatic rings. The normalized spacial score (nSPS) is 11.8. The molecule has 0 unspecified atom stereocenters. The zero-order valence-electron chi connectivity index (χ0n) is 15.8. The molecule has 1 heterocycles. The highest BCUT2D eigenvalue weighted by Crippen LogP contribution is 2.32. The maximum absolute atomic E-state index is 12.7. The predicted octanol–water partition coefficient (Wildman–Crippen LogP) is 4.41. The van der Waals surface area contributed by atoms with E-state index in [0.717, 1.165) is 23.7 Å². The van der Waals surface area contributed by atoms with Crippen molar-refractivity contribution in [1.29, 1.82) is 0 Å². The number of hydrogen-bond acceptors (Lipinski definition) is 7. The Hall–Kier alpha value is -3.54. The number of para-hydroxylation sites is 1. The van der Waals surface area contributed by atoms with Crippen LogP contribution < -0.4 is 10.1 Å². The van der Waals surface area contributed by atoms with E-state index in [0.29, 0.717) is 5.56 Å². The van der Waals surface area contributed by atoms with Crippen LogP contribution in [0.2, 0.25) is 0 Å². The van der Waals surface area contributed by atoms with Crippen molar-refractivity contribution in [2.45, 2.75) is 6.18 Å². The molecule has 0 spiro atoms. The molecule has 162 valence electrons. The van der Waals surface area contributed by atoms with Gasteiger partial charge in [0.15, 0.2) is 11.5 Å². The zero-order valence-corrected chi connectivity index (χ0v) is 16.6. The molecule has 0 radical (unpaired) electrons. The number of aromatic nitrogens is 2. The number of likely N-dealkylation sites (N-methyl/N-ethyl adjacent to an activating group) is 1. The fourth-order valence-electron chi connectivity index (χ4n) is 2.44. The third-order valence-corrected chi connectivity index (χ3v) is 4.46. The molecule has 12 heteroatoms. The molecule has 3 aromatic rings. The molecular weight excluding hydrogens is 440 g/mol. The highest BCUT2D eigenvalue weighted by molar-refractivity contribution is 7.07.